The molecule has 0 atom stereocenters. The number of benzene rings is 3. The van der Waals surface area contributed by atoms with Crippen molar-refractivity contribution in [2.45, 2.75) is 13.8 Å². The number of amides is 2. The first-order valence-corrected chi connectivity index (χ1v) is 10.7. The SMILES string of the molecule is Cc1ccc(NC(=O)c2ccccc2NC(=S)NC(=O)c2ccccc2I)cc1C. The first-order chi connectivity index (χ1) is 14.3. The molecule has 0 spiro atoms. The molecule has 3 N–H and O–H groups in total. The minimum Gasteiger partial charge on any atom is -0.332 e. The lowest BCUT2D eigenvalue weighted by molar-refractivity contribution is 0.0975. The minimum absolute atomic E-state index is 0.117. The average molecular weight is 529 g/mol. The molecule has 0 unspecified atom stereocenters. The van der Waals surface area contributed by atoms with Crippen LogP contribution in [-0.2, 0) is 0 Å². The Morgan fingerprint density at radius 2 is 1.47 bits per heavy atom. The van der Waals surface area contributed by atoms with E-state index in [2.05, 4.69) is 38.5 Å². The fourth-order valence-corrected chi connectivity index (χ4v) is 3.61. The Morgan fingerprint density at radius 3 is 2.17 bits per heavy atom. The molecule has 0 saturated carbocycles. The lowest BCUT2D eigenvalue weighted by Crippen LogP contribution is -2.35. The van der Waals surface area contributed by atoms with Crippen molar-refractivity contribution in [3.05, 3.63) is 92.6 Å². The van der Waals surface area contributed by atoms with Crippen LogP contribution in [0, 0.1) is 17.4 Å². The number of hydrogen-bond donors (Lipinski definition) is 3. The smallest absolute Gasteiger partial charge is 0.258 e. The number of nitrogens with one attached hydrogen (secondary N) is 3. The van der Waals surface area contributed by atoms with Crippen molar-refractivity contribution < 1.29 is 9.59 Å². The second-order valence-corrected chi connectivity index (χ2v) is 8.26. The third kappa shape index (κ3) is 5.43. The molecule has 0 aliphatic rings. The molecule has 0 aromatic heterocycles. The Morgan fingerprint density at radius 1 is 0.800 bits per heavy atom. The van der Waals surface area contributed by atoms with Crippen molar-refractivity contribution in [2.75, 3.05) is 10.6 Å². The normalized spacial score (nSPS) is 10.2. The molecule has 2 amide bonds. The summed E-state index contributed by atoms with van der Waals surface area (Å²) in [6.45, 7) is 4.02. The fourth-order valence-electron chi connectivity index (χ4n) is 2.78. The largest absolute Gasteiger partial charge is 0.332 e. The summed E-state index contributed by atoms with van der Waals surface area (Å²) in [5.74, 6) is -0.581. The number of rotatable bonds is 4. The van der Waals surface area contributed by atoms with Crippen LogP contribution in [0.1, 0.15) is 31.8 Å². The molecule has 152 valence electrons. The highest BCUT2D eigenvalue weighted by molar-refractivity contribution is 14.1. The number of anilines is 2. The molecule has 3 aromatic rings. The van der Waals surface area contributed by atoms with Crippen LogP contribution in [0.15, 0.2) is 66.7 Å². The highest BCUT2D eigenvalue weighted by Crippen LogP contribution is 2.19. The maximum Gasteiger partial charge on any atom is 0.258 e. The van der Waals surface area contributed by atoms with Gasteiger partial charge in [0.25, 0.3) is 11.8 Å². The molecular weight excluding hydrogens is 509 g/mol. The van der Waals surface area contributed by atoms with Gasteiger partial charge >= 0.3 is 0 Å². The van der Waals surface area contributed by atoms with Crippen LogP contribution in [0.2, 0.25) is 0 Å². The zero-order valence-corrected chi connectivity index (χ0v) is 19.4. The van der Waals surface area contributed by atoms with Gasteiger partial charge in [-0.15, -0.1) is 0 Å². The van der Waals surface area contributed by atoms with Gasteiger partial charge in [-0.05, 0) is 96.2 Å². The van der Waals surface area contributed by atoms with E-state index in [1.807, 2.05) is 44.2 Å². The molecule has 7 heteroatoms. The average Bonchev–Trinajstić information content (AvgIpc) is 2.71. The van der Waals surface area contributed by atoms with Crippen LogP contribution in [0.5, 0.6) is 0 Å². The molecule has 0 aliphatic heterocycles. The topological polar surface area (TPSA) is 70.2 Å². The number of carbonyl (C=O) groups excluding carboxylic acids is 2. The van der Waals surface area contributed by atoms with E-state index >= 15 is 0 Å². The van der Waals surface area contributed by atoms with Gasteiger partial charge < -0.3 is 10.6 Å². The van der Waals surface area contributed by atoms with Crippen molar-refractivity contribution in [3.8, 4) is 0 Å². The zero-order valence-electron chi connectivity index (χ0n) is 16.5. The van der Waals surface area contributed by atoms with Gasteiger partial charge in [-0.25, -0.2) is 0 Å². The maximum atomic E-state index is 12.8. The molecule has 0 bridgehead atoms. The van der Waals surface area contributed by atoms with E-state index in [0.29, 0.717) is 22.5 Å². The summed E-state index contributed by atoms with van der Waals surface area (Å²) in [6, 6.07) is 20.0. The minimum atomic E-state index is -0.311. The zero-order chi connectivity index (χ0) is 21.7. The fraction of sp³-hybridized carbons (Fsp3) is 0.0870. The Hall–Kier alpha value is -2.78. The second kappa shape index (κ2) is 9.82. The van der Waals surface area contributed by atoms with Crippen molar-refractivity contribution in [2.24, 2.45) is 0 Å². The van der Waals surface area contributed by atoms with Crippen LogP contribution in [0.25, 0.3) is 0 Å². The first kappa shape index (κ1) is 21.9. The van der Waals surface area contributed by atoms with Gasteiger partial charge in [0.05, 0.1) is 16.8 Å². The lowest BCUT2D eigenvalue weighted by atomic mass is 10.1. The maximum absolute atomic E-state index is 12.8. The molecule has 5 nitrogen and oxygen atoms in total. The molecule has 3 rings (SSSR count). The number of carbonyl (C=O) groups is 2. The predicted molar refractivity (Wildman–Crippen MR) is 133 cm³/mol. The monoisotopic (exact) mass is 529 g/mol. The number of aryl methyl sites for hydroxylation is 2. The van der Waals surface area contributed by atoms with E-state index in [4.69, 9.17) is 12.2 Å². The Kier molecular flexibility index (Phi) is 7.17. The lowest BCUT2D eigenvalue weighted by Gasteiger charge is -2.14. The Labute approximate surface area is 194 Å². The van der Waals surface area contributed by atoms with E-state index in [-0.39, 0.29) is 16.9 Å². The number of hydrogen-bond acceptors (Lipinski definition) is 3. The highest BCUT2D eigenvalue weighted by Gasteiger charge is 2.15. The molecule has 30 heavy (non-hydrogen) atoms. The van der Waals surface area contributed by atoms with Gasteiger partial charge in [0, 0.05) is 9.26 Å². The van der Waals surface area contributed by atoms with Crippen molar-refractivity contribution >= 4 is 63.1 Å². The summed E-state index contributed by atoms with van der Waals surface area (Å²) in [5.41, 5.74) is 4.42. The van der Waals surface area contributed by atoms with Crippen molar-refractivity contribution in [1.29, 1.82) is 0 Å². The Bertz CT molecular complexity index is 1130. The van der Waals surface area contributed by atoms with Gasteiger partial charge in [0.2, 0.25) is 0 Å². The Balaban J connectivity index is 1.72. The molecular formula is C23H20IN3O2S. The molecule has 0 aliphatic carbocycles. The van der Waals surface area contributed by atoms with E-state index in [0.717, 1.165) is 14.7 Å². The summed E-state index contributed by atoms with van der Waals surface area (Å²) in [4.78, 5) is 25.3. The van der Waals surface area contributed by atoms with Gasteiger partial charge in [-0.3, -0.25) is 14.9 Å². The number of thiocarbonyl (C=S) groups is 1. The second-order valence-electron chi connectivity index (χ2n) is 6.69. The molecule has 0 heterocycles. The van der Waals surface area contributed by atoms with E-state index in [1.54, 1.807) is 36.4 Å². The quantitative estimate of drug-likeness (QED) is 0.318. The first-order valence-electron chi connectivity index (χ1n) is 9.19. The molecule has 3 aromatic carbocycles. The van der Waals surface area contributed by atoms with Crippen molar-refractivity contribution in [3.63, 3.8) is 0 Å². The molecule has 0 fully saturated rings. The predicted octanol–water partition coefficient (Wildman–Crippen LogP) is 5.29. The summed E-state index contributed by atoms with van der Waals surface area (Å²) in [5, 5.41) is 8.63. The van der Waals surface area contributed by atoms with Crippen LogP contribution >= 0.6 is 34.8 Å². The number of para-hydroxylation sites is 1. The summed E-state index contributed by atoms with van der Waals surface area (Å²) in [6.07, 6.45) is 0. The summed E-state index contributed by atoms with van der Waals surface area (Å²) >= 11 is 7.38. The third-order valence-corrected chi connectivity index (χ3v) is 5.68. The van der Waals surface area contributed by atoms with Gasteiger partial charge in [0.1, 0.15) is 0 Å². The van der Waals surface area contributed by atoms with Crippen LogP contribution in [-0.4, -0.2) is 16.9 Å². The van der Waals surface area contributed by atoms with Crippen LogP contribution in [0.4, 0.5) is 11.4 Å². The van der Waals surface area contributed by atoms with E-state index in [9.17, 15) is 9.59 Å². The van der Waals surface area contributed by atoms with Gasteiger partial charge in [-0.1, -0.05) is 30.3 Å². The van der Waals surface area contributed by atoms with Gasteiger partial charge in [-0.2, -0.15) is 0 Å². The summed E-state index contributed by atoms with van der Waals surface area (Å²) < 4.78 is 0.823. The molecule has 0 saturated heterocycles. The van der Waals surface area contributed by atoms with Crippen LogP contribution in [0.3, 0.4) is 0 Å². The van der Waals surface area contributed by atoms with E-state index in [1.165, 1.54) is 0 Å². The standard InChI is InChI=1S/C23H20IN3O2S/c1-14-11-12-16(13-15(14)2)25-22(29)18-8-4-6-10-20(18)26-23(30)27-21(28)17-7-3-5-9-19(17)24/h3-13H,1-2H3,(H,25,29)(H2,26,27,28,30). The van der Waals surface area contributed by atoms with Gasteiger partial charge in [0.15, 0.2) is 5.11 Å². The summed E-state index contributed by atoms with van der Waals surface area (Å²) in [7, 11) is 0. The molecule has 0 radical (unpaired) electrons. The van der Waals surface area contributed by atoms with E-state index < -0.39 is 0 Å². The highest BCUT2D eigenvalue weighted by atomic mass is 127. The van der Waals surface area contributed by atoms with Crippen LogP contribution < -0.4 is 16.0 Å². The van der Waals surface area contributed by atoms with Crippen molar-refractivity contribution in [1.82, 2.24) is 5.32 Å². The number of halogens is 1. The third-order valence-electron chi connectivity index (χ3n) is 4.53.